The van der Waals surface area contributed by atoms with Gasteiger partial charge >= 0.3 is 0 Å². The molecular formula is C15H21N3O3. The highest BCUT2D eigenvalue weighted by Crippen LogP contribution is 2.27. The van der Waals surface area contributed by atoms with Gasteiger partial charge in [-0.3, -0.25) is 14.9 Å². The van der Waals surface area contributed by atoms with Gasteiger partial charge in [0.15, 0.2) is 0 Å². The molecule has 21 heavy (non-hydrogen) atoms. The van der Waals surface area contributed by atoms with Crippen LogP contribution in [0.15, 0.2) is 18.2 Å². The first-order chi connectivity index (χ1) is 10.0. The minimum absolute atomic E-state index is 0.0515. The van der Waals surface area contributed by atoms with Gasteiger partial charge < -0.3 is 11.1 Å². The lowest BCUT2D eigenvalue weighted by Crippen LogP contribution is -2.34. The van der Waals surface area contributed by atoms with E-state index < -0.39 is 4.92 Å². The molecule has 6 heteroatoms. The van der Waals surface area contributed by atoms with E-state index in [4.69, 9.17) is 5.73 Å². The van der Waals surface area contributed by atoms with Gasteiger partial charge in [-0.05, 0) is 31.7 Å². The molecule has 0 spiro atoms. The summed E-state index contributed by atoms with van der Waals surface area (Å²) >= 11 is 0. The normalized spacial score (nSPS) is 21.8. The Kier molecular flexibility index (Phi) is 4.90. The molecule has 2 atom stereocenters. The Morgan fingerprint density at radius 1 is 1.48 bits per heavy atom. The van der Waals surface area contributed by atoms with E-state index in [0.29, 0.717) is 24.1 Å². The summed E-state index contributed by atoms with van der Waals surface area (Å²) in [5, 5.41) is 13.8. The monoisotopic (exact) mass is 291 g/mol. The molecule has 1 aromatic carbocycles. The number of rotatable bonds is 4. The van der Waals surface area contributed by atoms with Crippen molar-refractivity contribution in [3.63, 3.8) is 0 Å². The van der Waals surface area contributed by atoms with Crippen molar-refractivity contribution < 1.29 is 9.72 Å². The van der Waals surface area contributed by atoms with Crippen LogP contribution in [0.2, 0.25) is 0 Å². The van der Waals surface area contributed by atoms with Crippen molar-refractivity contribution in [2.45, 2.75) is 45.1 Å². The smallest absolute Gasteiger partial charge is 0.274 e. The first kappa shape index (κ1) is 15.4. The van der Waals surface area contributed by atoms with Crippen LogP contribution in [0, 0.1) is 16.0 Å². The number of nitrogens with two attached hydrogens (primary N) is 1. The van der Waals surface area contributed by atoms with Crippen LogP contribution in [0.3, 0.4) is 0 Å². The maximum atomic E-state index is 12.2. The van der Waals surface area contributed by atoms with Crippen molar-refractivity contribution >= 4 is 17.3 Å². The second kappa shape index (κ2) is 6.67. The Balaban J connectivity index is 2.10. The number of benzene rings is 1. The summed E-state index contributed by atoms with van der Waals surface area (Å²) in [4.78, 5) is 22.8. The summed E-state index contributed by atoms with van der Waals surface area (Å²) < 4.78 is 0. The van der Waals surface area contributed by atoms with E-state index in [1.807, 2.05) is 6.92 Å². The zero-order chi connectivity index (χ0) is 15.4. The van der Waals surface area contributed by atoms with E-state index in [-0.39, 0.29) is 23.6 Å². The van der Waals surface area contributed by atoms with Crippen LogP contribution >= 0.6 is 0 Å². The summed E-state index contributed by atoms with van der Waals surface area (Å²) in [5.41, 5.74) is 7.08. The number of hydrogen-bond acceptors (Lipinski definition) is 4. The lowest BCUT2D eigenvalue weighted by molar-refractivity contribution is -0.385. The van der Waals surface area contributed by atoms with Crippen molar-refractivity contribution in [1.29, 1.82) is 0 Å². The fraction of sp³-hybridized carbons (Fsp3) is 0.533. The van der Waals surface area contributed by atoms with E-state index in [2.05, 4.69) is 5.32 Å². The van der Waals surface area contributed by atoms with Gasteiger partial charge in [-0.2, -0.15) is 0 Å². The quantitative estimate of drug-likeness (QED) is 0.658. The van der Waals surface area contributed by atoms with Crippen molar-refractivity contribution in [1.82, 2.24) is 0 Å². The molecule has 2 rings (SSSR count). The molecule has 0 radical (unpaired) electrons. The molecule has 1 aromatic rings. The SMILES string of the molecule is CCc1ccc(NC(=O)C2CCCC(N)C2)cc1[N+](=O)[O-]. The molecule has 0 aromatic heterocycles. The first-order valence-corrected chi connectivity index (χ1v) is 7.35. The Morgan fingerprint density at radius 3 is 2.86 bits per heavy atom. The van der Waals surface area contributed by atoms with E-state index in [1.165, 1.54) is 6.07 Å². The van der Waals surface area contributed by atoms with Gasteiger partial charge in [-0.1, -0.05) is 19.4 Å². The number of nitrogens with one attached hydrogen (secondary N) is 1. The van der Waals surface area contributed by atoms with Gasteiger partial charge in [0.2, 0.25) is 5.91 Å². The van der Waals surface area contributed by atoms with Crippen LogP contribution in [-0.2, 0) is 11.2 Å². The zero-order valence-corrected chi connectivity index (χ0v) is 12.2. The fourth-order valence-corrected chi connectivity index (χ4v) is 2.82. The Hall–Kier alpha value is -1.95. The number of nitro benzene ring substituents is 1. The average molecular weight is 291 g/mol. The number of carbonyl (C=O) groups is 1. The Morgan fingerprint density at radius 2 is 2.24 bits per heavy atom. The molecule has 2 unspecified atom stereocenters. The molecule has 1 amide bonds. The molecule has 114 valence electrons. The molecule has 6 nitrogen and oxygen atoms in total. The summed E-state index contributed by atoms with van der Waals surface area (Å²) in [5.74, 6) is -0.192. The van der Waals surface area contributed by atoms with E-state index in [0.717, 1.165) is 19.3 Å². The van der Waals surface area contributed by atoms with Crippen molar-refractivity contribution in [3.05, 3.63) is 33.9 Å². The molecule has 1 aliphatic rings. The number of amides is 1. The molecule has 1 fully saturated rings. The number of anilines is 1. The molecule has 0 heterocycles. The van der Waals surface area contributed by atoms with Crippen LogP contribution in [-0.4, -0.2) is 16.9 Å². The van der Waals surface area contributed by atoms with Gasteiger partial charge in [0.05, 0.1) is 4.92 Å². The molecule has 0 bridgehead atoms. The summed E-state index contributed by atoms with van der Waals surface area (Å²) in [7, 11) is 0. The summed E-state index contributed by atoms with van der Waals surface area (Å²) in [6.07, 6.45) is 4.01. The molecule has 0 saturated heterocycles. The predicted molar refractivity (Wildman–Crippen MR) is 81.0 cm³/mol. The fourth-order valence-electron chi connectivity index (χ4n) is 2.82. The highest BCUT2D eigenvalue weighted by molar-refractivity contribution is 5.93. The van der Waals surface area contributed by atoms with Crippen LogP contribution < -0.4 is 11.1 Å². The van der Waals surface area contributed by atoms with Crippen LogP contribution in [0.25, 0.3) is 0 Å². The summed E-state index contributed by atoms with van der Waals surface area (Å²) in [6.45, 7) is 1.87. The highest BCUT2D eigenvalue weighted by Gasteiger charge is 2.25. The lowest BCUT2D eigenvalue weighted by atomic mass is 9.85. The third-order valence-electron chi connectivity index (χ3n) is 4.02. The second-order valence-corrected chi connectivity index (χ2v) is 5.57. The van der Waals surface area contributed by atoms with Crippen molar-refractivity contribution in [3.8, 4) is 0 Å². The third-order valence-corrected chi connectivity index (χ3v) is 4.02. The number of aryl methyl sites for hydroxylation is 1. The zero-order valence-electron chi connectivity index (χ0n) is 12.2. The van der Waals surface area contributed by atoms with Gasteiger partial charge in [-0.15, -0.1) is 0 Å². The number of nitro groups is 1. The molecular weight excluding hydrogens is 270 g/mol. The minimum Gasteiger partial charge on any atom is -0.328 e. The molecule has 1 aliphatic carbocycles. The van der Waals surface area contributed by atoms with Gasteiger partial charge in [-0.25, -0.2) is 0 Å². The van der Waals surface area contributed by atoms with Crippen molar-refractivity contribution in [2.24, 2.45) is 11.7 Å². The molecule has 3 N–H and O–H groups in total. The molecule has 1 saturated carbocycles. The van der Waals surface area contributed by atoms with E-state index >= 15 is 0 Å². The predicted octanol–water partition coefficient (Wildman–Crippen LogP) is 2.61. The van der Waals surface area contributed by atoms with Crippen LogP contribution in [0.5, 0.6) is 0 Å². The van der Waals surface area contributed by atoms with Gasteiger partial charge in [0.25, 0.3) is 5.69 Å². The molecule has 0 aliphatic heterocycles. The maximum absolute atomic E-state index is 12.2. The average Bonchev–Trinajstić information content (AvgIpc) is 2.47. The minimum atomic E-state index is -0.412. The second-order valence-electron chi connectivity index (χ2n) is 5.57. The van der Waals surface area contributed by atoms with E-state index in [1.54, 1.807) is 12.1 Å². The van der Waals surface area contributed by atoms with Gasteiger partial charge in [0.1, 0.15) is 0 Å². The third kappa shape index (κ3) is 3.78. The maximum Gasteiger partial charge on any atom is 0.274 e. The largest absolute Gasteiger partial charge is 0.328 e. The highest BCUT2D eigenvalue weighted by atomic mass is 16.6. The number of hydrogen-bond donors (Lipinski definition) is 2. The summed E-state index contributed by atoms with van der Waals surface area (Å²) in [6, 6.07) is 4.91. The van der Waals surface area contributed by atoms with Crippen molar-refractivity contribution in [2.75, 3.05) is 5.32 Å². The Labute approximate surface area is 123 Å². The first-order valence-electron chi connectivity index (χ1n) is 7.35. The Bertz CT molecular complexity index is 545. The van der Waals surface area contributed by atoms with Crippen LogP contribution in [0.1, 0.15) is 38.2 Å². The number of carbonyl (C=O) groups excluding carboxylic acids is 1. The van der Waals surface area contributed by atoms with Crippen LogP contribution in [0.4, 0.5) is 11.4 Å². The number of nitrogens with zero attached hydrogens (tertiary/aromatic N) is 1. The van der Waals surface area contributed by atoms with E-state index in [9.17, 15) is 14.9 Å². The standard InChI is InChI=1S/C15H21N3O3/c1-2-10-6-7-13(9-14(10)18(20)21)17-15(19)11-4-3-5-12(16)8-11/h6-7,9,11-12H,2-5,8,16H2,1H3,(H,17,19). The topological polar surface area (TPSA) is 98.3 Å². The lowest BCUT2D eigenvalue weighted by Gasteiger charge is -2.25. The van der Waals surface area contributed by atoms with Gasteiger partial charge in [0, 0.05) is 29.3 Å².